The van der Waals surface area contributed by atoms with Crippen LogP contribution in [0.2, 0.25) is 0 Å². The van der Waals surface area contributed by atoms with Crippen molar-refractivity contribution in [2.24, 2.45) is 5.73 Å². The van der Waals surface area contributed by atoms with Crippen molar-refractivity contribution < 1.29 is 4.74 Å². The van der Waals surface area contributed by atoms with Gasteiger partial charge in [-0.25, -0.2) is 4.98 Å². The highest BCUT2D eigenvalue weighted by atomic mass is 16.5. The summed E-state index contributed by atoms with van der Waals surface area (Å²) in [7, 11) is 1.64. The summed E-state index contributed by atoms with van der Waals surface area (Å²) in [5.74, 6) is 1.46. The van der Waals surface area contributed by atoms with Gasteiger partial charge in [-0.1, -0.05) is 30.3 Å². The number of rotatable bonds is 6. The summed E-state index contributed by atoms with van der Waals surface area (Å²) in [5, 5.41) is 3.34. The maximum Gasteiger partial charge on any atom is 0.169 e. The Kier molecular flexibility index (Phi) is 4.75. The van der Waals surface area contributed by atoms with E-state index in [1.54, 1.807) is 13.3 Å². The molecule has 0 radical (unpaired) electrons. The Morgan fingerprint density at radius 1 is 1.21 bits per heavy atom. The van der Waals surface area contributed by atoms with Crippen LogP contribution >= 0.6 is 0 Å². The quantitative estimate of drug-likeness (QED) is 0.831. The molecule has 0 spiro atoms. The fourth-order valence-corrected chi connectivity index (χ4v) is 1.95. The summed E-state index contributed by atoms with van der Waals surface area (Å²) >= 11 is 0. The maximum absolute atomic E-state index is 5.83. The minimum atomic E-state index is 0.131. The number of aromatic nitrogens is 1. The third-order valence-corrected chi connectivity index (χ3v) is 2.94. The molecule has 0 saturated heterocycles. The molecule has 2 aromatic rings. The van der Waals surface area contributed by atoms with Crippen LogP contribution in [0.5, 0.6) is 5.75 Å². The van der Waals surface area contributed by atoms with E-state index in [0.717, 1.165) is 18.0 Å². The second-order valence-corrected chi connectivity index (χ2v) is 4.32. The van der Waals surface area contributed by atoms with Crippen molar-refractivity contribution in [3.63, 3.8) is 0 Å². The van der Waals surface area contributed by atoms with Crippen LogP contribution in [-0.4, -0.2) is 24.7 Å². The summed E-state index contributed by atoms with van der Waals surface area (Å²) in [5.41, 5.74) is 7.08. The zero-order valence-corrected chi connectivity index (χ0v) is 11.0. The normalized spacial score (nSPS) is 11.9. The number of pyridine rings is 1. The van der Waals surface area contributed by atoms with Crippen LogP contribution in [0.15, 0.2) is 48.7 Å². The van der Waals surface area contributed by atoms with Crippen LogP contribution < -0.4 is 15.8 Å². The molecule has 4 heteroatoms. The van der Waals surface area contributed by atoms with Crippen LogP contribution in [0.1, 0.15) is 5.56 Å². The number of benzene rings is 1. The Bertz CT molecular complexity index is 502. The van der Waals surface area contributed by atoms with E-state index in [1.807, 2.05) is 30.3 Å². The van der Waals surface area contributed by atoms with Gasteiger partial charge in [0.15, 0.2) is 11.6 Å². The number of methoxy groups -OCH3 is 1. The van der Waals surface area contributed by atoms with Crippen LogP contribution in [0.25, 0.3) is 0 Å². The molecular formula is C15H19N3O. The molecule has 2 rings (SSSR count). The van der Waals surface area contributed by atoms with E-state index in [1.165, 1.54) is 5.56 Å². The molecule has 1 aromatic heterocycles. The molecule has 19 heavy (non-hydrogen) atoms. The first-order valence-corrected chi connectivity index (χ1v) is 6.33. The average molecular weight is 257 g/mol. The largest absolute Gasteiger partial charge is 0.493 e. The van der Waals surface area contributed by atoms with Crippen molar-refractivity contribution >= 4 is 5.82 Å². The summed E-state index contributed by atoms with van der Waals surface area (Å²) < 4.78 is 5.28. The standard InChI is InChI=1S/C15H19N3O/c1-19-14-8-5-9-17-15(14)18-13(11-16)10-12-6-3-2-4-7-12/h2-9,13H,10-11,16H2,1H3,(H,17,18). The number of hydrogen-bond donors (Lipinski definition) is 2. The van der Waals surface area contributed by atoms with Crippen LogP contribution in [0.3, 0.4) is 0 Å². The molecular weight excluding hydrogens is 238 g/mol. The Labute approximate surface area is 113 Å². The van der Waals surface area contributed by atoms with Crippen molar-refractivity contribution in [1.29, 1.82) is 0 Å². The summed E-state index contributed by atoms with van der Waals surface area (Å²) in [6, 6.07) is 14.1. The molecule has 3 N–H and O–H groups in total. The summed E-state index contributed by atoms with van der Waals surface area (Å²) in [6.07, 6.45) is 2.60. The van der Waals surface area contributed by atoms with Gasteiger partial charge in [0.25, 0.3) is 0 Å². The van der Waals surface area contributed by atoms with E-state index in [4.69, 9.17) is 10.5 Å². The number of nitrogens with one attached hydrogen (secondary N) is 1. The van der Waals surface area contributed by atoms with Gasteiger partial charge in [0.2, 0.25) is 0 Å². The van der Waals surface area contributed by atoms with Crippen LogP contribution in [-0.2, 0) is 6.42 Å². The van der Waals surface area contributed by atoms with Gasteiger partial charge in [0.05, 0.1) is 7.11 Å². The van der Waals surface area contributed by atoms with Crippen LogP contribution in [0, 0.1) is 0 Å². The van der Waals surface area contributed by atoms with Gasteiger partial charge in [0, 0.05) is 18.8 Å². The van der Waals surface area contributed by atoms with E-state index in [9.17, 15) is 0 Å². The smallest absolute Gasteiger partial charge is 0.169 e. The number of hydrogen-bond acceptors (Lipinski definition) is 4. The lowest BCUT2D eigenvalue weighted by Gasteiger charge is -2.19. The first-order valence-electron chi connectivity index (χ1n) is 6.33. The van der Waals surface area contributed by atoms with Gasteiger partial charge in [0.1, 0.15) is 0 Å². The van der Waals surface area contributed by atoms with E-state index >= 15 is 0 Å². The predicted octanol–water partition coefficient (Wildman–Crippen LogP) is 2.07. The van der Waals surface area contributed by atoms with E-state index in [0.29, 0.717) is 6.54 Å². The molecule has 1 atom stereocenters. The van der Waals surface area contributed by atoms with Crippen molar-refractivity contribution in [3.05, 3.63) is 54.2 Å². The average Bonchev–Trinajstić information content (AvgIpc) is 2.48. The fourth-order valence-electron chi connectivity index (χ4n) is 1.95. The Balaban J connectivity index is 2.07. The topological polar surface area (TPSA) is 60.2 Å². The van der Waals surface area contributed by atoms with Gasteiger partial charge in [-0.3, -0.25) is 0 Å². The molecule has 100 valence electrons. The number of nitrogens with two attached hydrogens (primary N) is 1. The molecule has 0 fully saturated rings. The third-order valence-electron chi connectivity index (χ3n) is 2.94. The Morgan fingerprint density at radius 3 is 2.68 bits per heavy atom. The van der Waals surface area contributed by atoms with E-state index in [-0.39, 0.29) is 6.04 Å². The lowest BCUT2D eigenvalue weighted by Crippen LogP contribution is -2.31. The van der Waals surface area contributed by atoms with Gasteiger partial charge in [-0.15, -0.1) is 0 Å². The molecule has 0 saturated carbocycles. The highest BCUT2D eigenvalue weighted by molar-refractivity contribution is 5.50. The Morgan fingerprint density at radius 2 is 2.00 bits per heavy atom. The van der Waals surface area contributed by atoms with Gasteiger partial charge in [-0.05, 0) is 24.1 Å². The molecule has 1 unspecified atom stereocenters. The lowest BCUT2D eigenvalue weighted by molar-refractivity contribution is 0.414. The first-order chi connectivity index (χ1) is 9.33. The SMILES string of the molecule is COc1cccnc1NC(CN)Cc1ccccc1. The molecule has 0 aliphatic carbocycles. The van der Waals surface area contributed by atoms with Crippen molar-refractivity contribution in [1.82, 2.24) is 4.98 Å². The summed E-state index contributed by atoms with van der Waals surface area (Å²) in [6.45, 7) is 0.536. The van der Waals surface area contributed by atoms with Crippen LogP contribution in [0.4, 0.5) is 5.82 Å². The van der Waals surface area contributed by atoms with E-state index < -0.39 is 0 Å². The monoisotopic (exact) mass is 257 g/mol. The second kappa shape index (κ2) is 6.75. The molecule has 0 amide bonds. The van der Waals surface area contributed by atoms with Gasteiger partial charge < -0.3 is 15.8 Å². The number of ether oxygens (including phenoxy) is 1. The zero-order chi connectivity index (χ0) is 13.5. The second-order valence-electron chi connectivity index (χ2n) is 4.32. The molecule has 1 heterocycles. The molecule has 0 aliphatic heterocycles. The molecule has 0 aliphatic rings. The van der Waals surface area contributed by atoms with Gasteiger partial charge in [-0.2, -0.15) is 0 Å². The highest BCUT2D eigenvalue weighted by Gasteiger charge is 2.11. The minimum absolute atomic E-state index is 0.131. The van der Waals surface area contributed by atoms with E-state index in [2.05, 4.69) is 22.4 Å². The Hall–Kier alpha value is -2.07. The lowest BCUT2D eigenvalue weighted by atomic mass is 10.1. The van der Waals surface area contributed by atoms with Crippen molar-refractivity contribution in [3.8, 4) is 5.75 Å². The number of anilines is 1. The third kappa shape index (κ3) is 3.69. The van der Waals surface area contributed by atoms with Crippen molar-refractivity contribution in [2.75, 3.05) is 19.0 Å². The fraction of sp³-hybridized carbons (Fsp3) is 0.267. The first kappa shape index (κ1) is 13.4. The minimum Gasteiger partial charge on any atom is -0.493 e. The summed E-state index contributed by atoms with van der Waals surface area (Å²) in [4.78, 5) is 4.29. The highest BCUT2D eigenvalue weighted by Crippen LogP contribution is 2.21. The molecule has 0 bridgehead atoms. The number of nitrogens with zero attached hydrogens (tertiary/aromatic N) is 1. The zero-order valence-electron chi connectivity index (χ0n) is 11.0. The van der Waals surface area contributed by atoms with Gasteiger partial charge >= 0.3 is 0 Å². The maximum atomic E-state index is 5.83. The molecule has 4 nitrogen and oxygen atoms in total. The van der Waals surface area contributed by atoms with Crippen molar-refractivity contribution in [2.45, 2.75) is 12.5 Å². The predicted molar refractivity (Wildman–Crippen MR) is 77.4 cm³/mol. The molecule has 1 aromatic carbocycles.